The van der Waals surface area contributed by atoms with Gasteiger partial charge in [-0.25, -0.2) is 0 Å². The first-order valence-corrected chi connectivity index (χ1v) is 9.69. The molecule has 1 saturated carbocycles. The number of hydrogen-bond acceptors (Lipinski definition) is 2. The minimum absolute atomic E-state index is 0.576. The van der Waals surface area contributed by atoms with Gasteiger partial charge in [0.05, 0.1) is 0 Å². The molecule has 1 aliphatic rings. The van der Waals surface area contributed by atoms with E-state index >= 15 is 0 Å². The van der Waals surface area contributed by atoms with Crippen LogP contribution in [0.5, 0.6) is 0 Å². The fourth-order valence-corrected chi connectivity index (χ4v) is 4.43. The van der Waals surface area contributed by atoms with Crippen LogP contribution in [0, 0.1) is 0 Å². The number of benzene rings is 1. The lowest BCUT2D eigenvalue weighted by Crippen LogP contribution is -2.15. The monoisotopic (exact) mass is 305 g/mol. The van der Waals surface area contributed by atoms with Gasteiger partial charge in [0, 0.05) is 21.9 Å². The lowest BCUT2D eigenvalue weighted by atomic mass is 10.1. The summed E-state index contributed by atoms with van der Waals surface area (Å²) in [4.78, 5) is 1.45. The summed E-state index contributed by atoms with van der Waals surface area (Å²) in [5.41, 5.74) is 1.34. The molecule has 21 heavy (non-hydrogen) atoms. The number of rotatable bonds is 9. The molecule has 0 spiro atoms. The van der Waals surface area contributed by atoms with Crippen molar-refractivity contribution in [2.24, 2.45) is 0 Å². The maximum Gasteiger partial charge on any atom is 0.0480 e. The summed E-state index contributed by atoms with van der Waals surface area (Å²) in [7, 11) is 0. The Kier molecular flexibility index (Phi) is 7.49. The van der Waals surface area contributed by atoms with Gasteiger partial charge in [-0.15, -0.1) is 11.8 Å². The molecule has 1 nitrogen and oxygen atoms in total. The predicted molar refractivity (Wildman–Crippen MR) is 96.4 cm³/mol. The zero-order valence-electron chi connectivity index (χ0n) is 13.7. The van der Waals surface area contributed by atoms with Gasteiger partial charge in [-0.2, -0.15) is 0 Å². The zero-order chi connectivity index (χ0) is 14.9. The predicted octanol–water partition coefficient (Wildman–Crippen LogP) is 6.49. The summed E-state index contributed by atoms with van der Waals surface area (Å²) in [6.45, 7) is 4.60. The van der Waals surface area contributed by atoms with Crippen molar-refractivity contribution in [1.29, 1.82) is 0 Å². The first-order valence-electron chi connectivity index (χ1n) is 8.82. The molecular formula is C19H31NS. The number of para-hydroxylation sites is 1. The van der Waals surface area contributed by atoms with Gasteiger partial charge in [-0.1, -0.05) is 57.6 Å². The minimum atomic E-state index is 0.576. The van der Waals surface area contributed by atoms with Crippen molar-refractivity contribution in [2.75, 3.05) is 5.32 Å². The van der Waals surface area contributed by atoms with E-state index in [0.29, 0.717) is 6.04 Å². The smallest absolute Gasteiger partial charge is 0.0480 e. The maximum absolute atomic E-state index is 3.74. The van der Waals surface area contributed by atoms with Crippen LogP contribution in [0.3, 0.4) is 0 Å². The molecule has 1 aromatic carbocycles. The van der Waals surface area contributed by atoms with E-state index in [9.17, 15) is 0 Å². The van der Waals surface area contributed by atoms with Crippen molar-refractivity contribution < 1.29 is 0 Å². The minimum Gasteiger partial charge on any atom is -0.382 e. The second kappa shape index (κ2) is 9.40. The maximum atomic E-state index is 3.74. The highest BCUT2D eigenvalue weighted by Gasteiger charge is 2.17. The van der Waals surface area contributed by atoms with Crippen LogP contribution in [-0.4, -0.2) is 11.3 Å². The van der Waals surface area contributed by atoms with Crippen molar-refractivity contribution in [1.82, 2.24) is 0 Å². The number of thioether (sulfide) groups is 1. The highest BCUT2D eigenvalue weighted by Crippen LogP contribution is 2.38. The molecule has 0 aromatic heterocycles. The first kappa shape index (κ1) is 16.7. The summed E-state index contributed by atoms with van der Waals surface area (Å²) < 4.78 is 0. The molecule has 2 heteroatoms. The van der Waals surface area contributed by atoms with Crippen LogP contribution in [0.4, 0.5) is 5.69 Å². The Morgan fingerprint density at radius 2 is 1.90 bits per heavy atom. The molecule has 0 saturated heterocycles. The molecule has 1 fully saturated rings. The summed E-state index contributed by atoms with van der Waals surface area (Å²) in [6, 6.07) is 9.45. The van der Waals surface area contributed by atoms with Gasteiger partial charge >= 0.3 is 0 Å². The van der Waals surface area contributed by atoms with Gasteiger partial charge in [-0.05, 0) is 38.3 Å². The van der Waals surface area contributed by atoms with Crippen molar-refractivity contribution in [3.63, 3.8) is 0 Å². The van der Waals surface area contributed by atoms with Gasteiger partial charge in [0.1, 0.15) is 0 Å². The molecular weight excluding hydrogens is 274 g/mol. The van der Waals surface area contributed by atoms with Gasteiger partial charge in [0.2, 0.25) is 0 Å². The van der Waals surface area contributed by atoms with Crippen LogP contribution in [0.1, 0.15) is 71.6 Å². The third-order valence-corrected chi connectivity index (χ3v) is 5.79. The van der Waals surface area contributed by atoms with Gasteiger partial charge in [-0.3, -0.25) is 0 Å². The third kappa shape index (κ3) is 5.94. The van der Waals surface area contributed by atoms with Crippen molar-refractivity contribution in [2.45, 2.75) is 87.8 Å². The molecule has 0 bridgehead atoms. The lowest BCUT2D eigenvalue weighted by Gasteiger charge is -2.19. The fraction of sp³-hybridized carbons (Fsp3) is 0.684. The van der Waals surface area contributed by atoms with Crippen LogP contribution in [-0.2, 0) is 0 Å². The molecule has 118 valence electrons. The highest BCUT2D eigenvalue weighted by atomic mass is 32.2. The molecule has 1 aliphatic carbocycles. The van der Waals surface area contributed by atoms with Crippen molar-refractivity contribution in [3.8, 4) is 0 Å². The quantitative estimate of drug-likeness (QED) is 0.523. The van der Waals surface area contributed by atoms with E-state index < -0.39 is 0 Å². The van der Waals surface area contributed by atoms with Crippen LogP contribution in [0.2, 0.25) is 0 Å². The molecule has 0 aliphatic heterocycles. The highest BCUT2D eigenvalue weighted by molar-refractivity contribution is 8.00. The van der Waals surface area contributed by atoms with E-state index in [1.54, 1.807) is 0 Å². The van der Waals surface area contributed by atoms with Gasteiger partial charge in [0.25, 0.3) is 0 Å². The molecule has 1 unspecified atom stereocenters. The summed E-state index contributed by atoms with van der Waals surface area (Å²) in [6.07, 6.45) is 12.3. The Hall–Kier alpha value is -0.630. The molecule has 1 N–H and O–H groups in total. The third-order valence-electron chi connectivity index (χ3n) is 4.38. The average Bonchev–Trinajstić information content (AvgIpc) is 2.99. The number of unbranched alkanes of at least 4 members (excludes halogenated alkanes) is 3. The standard InChI is InChI=1S/C19H31NS/c1-3-4-5-6-11-16(2)20-18-14-9-10-15-19(18)21-17-12-7-8-13-17/h9-10,14-17,20H,3-8,11-13H2,1-2H3. The van der Waals surface area contributed by atoms with E-state index in [2.05, 4.69) is 55.2 Å². The zero-order valence-corrected chi connectivity index (χ0v) is 14.6. The molecule has 2 rings (SSSR count). The number of nitrogens with one attached hydrogen (secondary N) is 1. The van der Waals surface area contributed by atoms with Crippen molar-refractivity contribution >= 4 is 17.4 Å². The topological polar surface area (TPSA) is 12.0 Å². The number of anilines is 1. The lowest BCUT2D eigenvalue weighted by molar-refractivity contribution is 0.593. The van der Waals surface area contributed by atoms with Crippen LogP contribution in [0.15, 0.2) is 29.2 Å². The summed E-state index contributed by atoms with van der Waals surface area (Å²) in [5.74, 6) is 0. The average molecular weight is 306 g/mol. The SMILES string of the molecule is CCCCCCC(C)Nc1ccccc1SC1CCCC1. The Morgan fingerprint density at radius 1 is 1.14 bits per heavy atom. The normalized spacial score (nSPS) is 17.0. The van der Waals surface area contributed by atoms with Crippen molar-refractivity contribution in [3.05, 3.63) is 24.3 Å². The number of hydrogen-bond donors (Lipinski definition) is 1. The van der Waals surface area contributed by atoms with E-state index in [4.69, 9.17) is 0 Å². The molecule has 1 atom stereocenters. The van der Waals surface area contributed by atoms with E-state index in [1.165, 1.54) is 68.4 Å². The van der Waals surface area contributed by atoms with Crippen LogP contribution >= 0.6 is 11.8 Å². The van der Waals surface area contributed by atoms with Gasteiger partial charge in [0.15, 0.2) is 0 Å². The largest absolute Gasteiger partial charge is 0.382 e. The second-order valence-electron chi connectivity index (χ2n) is 6.42. The van der Waals surface area contributed by atoms with E-state index in [0.717, 1.165) is 5.25 Å². The first-order chi connectivity index (χ1) is 10.3. The van der Waals surface area contributed by atoms with E-state index in [1.807, 2.05) is 0 Å². The molecule has 0 radical (unpaired) electrons. The molecule has 0 heterocycles. The molecule has 1 aromatic rings. The molecule has 0 amide bonds. The summed E-state index contributed by atoms with van der Waals surface area (Å²) in [5, 5.41) is 4.58. The van der Waals surface area contributed by atoms with Crippen LogP contribution in [0.25, 0.3) is 0 Å². The Labute approximate surface area is 135 Å². The summed E-state index contributed by atoms with van der Waals surface area (Å²) >= 11 is 2.09. The second-order valence-corrected chi connectivity index (χ2v) is 7.76. The van der Waals surface area contributed by atoms with Gasteiger partial charge < -0.3 is 5.32 Å². The van der Waals surface area contributed by atoms with E-state index in [-0.39, 0.29) is 0 Å². The Morgan fingerprint density at radius 3 is 2.67 bits per heavy atom. The Bertz CT molecular complexity index is 398. The Balaban J connectivity index is 1.83. The fourth-order valence-electron chi connectivity index (χ4n) is 3.09. The van der Waals surface area contributed by atoms with Crippen LogP contribution < -0.4 is 5.32 Å².